The number of nitrogens with zero attached hydrogens (tertiary/aromatic N) is 2. The predicted octanol–water partition coefficient (Wildman–Crippen LogP) is 4.27. The summed E-state index contributed by atoms with van der Waals surface area (Å²) in [5, 5.41) is 6.18. The maximum absolute atomic E-state index is 12.6. The van der Waals surface area contributed by atoms with Gasteiger partial charge < -0.3 is 10.6 Å². The van der Waals surface area contributed by atoms with Gasteiger partial charge in [-0.3, -0.25) is 4.79 Å². The van der Waals surface area contributed by atoms with Crippen molar-refractivity contribution in [2.75, 3.05) is 10.6 Å². The molecular formula is C21H22N4O. The van der Waals surface area contributed by atoms with Crippen molar-refractivity contribution in [2.45, 2.75) is 27.3 Å². The molecule has 1 amide bonds. The number of rotatable bonds is 5. The van der Waals surface area contributed by atoms with Gasteiger partial charge in [0.2, 0.25) is 0 Å². The summed E-state index contributed by atoms with van der Waals surface area (Å²) >= 11 is 0. The molecule has 3 rings (SSSR count). The van der Waals surface area contributed by atoms with Gasteiger partial charge in [-0.25, -0.2) is 9.97 Å². The second kappa shape index (κ2) is 7.78. The minimum atomic E-state index is -0.247. The minimum absolute atomic E-state index is 0.247. The molecular weight excluding hydrogens is 324 g/mol. The first kappa shape index (κ1) is 17.6. The first-order valence-electron chi connectivity index (χ1n) is 8.52. The molecule has 1 aromatic heterocycles. The Balaban J connectivity index is 1.70. The molecule has 0 radical (unpaired) electrons. The van der Waals surface area contributed by atoms with E-state index in [-0.39, 0.29) is 5.91 Å². The molecule has 0 aliphatic rings. The van der Waals surface area contributed by atoms with E-state index in [0.29, 0.717) is 18.1 Å². The monoisotopic (exact) mass is 346 g/mol. The summed E-state index contributed by atoms with van der Waals surface area (Å²) < 4.78 is 0. The number of hydrogen-bond acceptors (Lipinski definition) is 4. The summed E-state index contributed by atoms with van der Waals surface area (Å²) in [6, 6.07) is 15.8. The van der Waals surface area contributed by atoms with Crippen molar-refractivity contribution in [1.29, 1.82) is 0 Å². The molecule has 0 atom stereocenters. The molecule has 0 aliphatic heterocycles. The molecule has 132 valence electrons. The molecule has 5 heteroatoms. The Bertz CT molecular complexity index is 899. The summed E-state index contributed by atoms with van der Waals surface area (Å²) in [5.74, 6) is 0.371. The third kappa shape index (κ3) is 4.25. The lowest BCUT2D eigenvalue weighted by Crippen LogP contribution is -2.16. The van der Waals surface area contributed by atoms with Gasteiger partial charge in [0.1, 0.15) is 17.8 Å². The number of hydrogen-bond donors (Lipinski definition) is 2. The third-order valence-corrected chi connectivity index (χ3v) is 4.21. The SMILES string of the molecule is Cc1ccc(CNc2cc(C(=O)Nc3c(C)cccc3C)ncn2)cc1. The van der Waals surface area contributed by atoms with E-state index < -0.39 is 0 Å². The highest BCUT2D eigenvalue weighted by molar-refractivity contribution is 6.04. The summed E-state index contributed by atoms with van der Waals surface area (Å²) in [7, 11) is 0. The average Bonchev–Trinajstić information content (AvgIpc) is 2.64. The van der Waals surface area contributed by atoms with Crippen LogP contribution in [0.15, 0.2) is 54.9 Å². The highest BCUT2D eigenvalue weighted by Crippen LogP contribution is 2.20. The van der Waals surface area contributed by atoms with Crippen LogP contribution < -0.4 is 10.6 Å². The van der Waals surface area contributed by atoms with Gasteiger partial charge in [0.25, 0.3) is 5.91 Å². The second-order valence-electron chi connectivity index (χ2n) is 6.35. The van der Waals surface area contributed by atoms with Crippen LogP contribution >= 0.6 is 0 Å². The van der Waals surface area contributed by atoms with E-state index in [0.717, 1.165) is 22.4 Å². The molecule has 0 saturated heterocycles. The fourth-order valence-corrected chi connectivity index (χ4v) is 2.67. The largest absolute Gasteiger partial charge is 0.366 e. The zero-order chi connectivity index (χ0) is 18.5. The Morgan fingerprint density at radius 3 is 2.35 bits per heavy atom. The molecule has 0 bridgehead atoms. The molecule has 0 unspecified atom stereocenters. The topological polar surface area (TPSA) is 66.9 Å². The number of anilines is 2. The van der Waals surface area contributed by atoms with E-state index in [1.54, 1.807) is 6.07 Å². The van der Waals surface area contributed by atoms with Crippen molar-refractivity contribution >= 4 is 17.4 Å². The van der Waals surface area contributed by atoms with Crippen LogP contribution in [0.1, 0.15) is 32.7 Å². The molecule has 0 aliphatic carbocycles. The number of aromatic nitrogens is 2. The van der Waals surface area contributed by atoms with E-state index in [2.05, 4.69) is 51.8 Å². The lowest BCUT2D eigenvalue weighted by molar-refractivity contribution is 0.102. The van der Waals surface area contributed by atoms with Crippen molar-refractivity contribution < 1.29 is 4.79 Å². The van der Waals surface area contributed by atoms with Crippen LogP contribution in [0.2, 0.25) is 0 Å². The fraction of sp³-hybridized carbons (Fsp3) is 0.190. The Kier molecular flexibility index (Phi) is 5.27. The van der Waals surface area contributed by atoms with E-state index in [4.69, 9.17) is 0 Å². The Hall–Kier alpha value is -3.21. The van der Waals surface area contributed by atoms with Gasteiger partial charge in [-0.05, 0) is 37.5 Å². The number of carbonyl (C=O) groups excluding carboxylic acids is 1. The van der Waals surface area contributed by atoms with Crippen LogP contribution in [0, 0.1) is 20.8 Å². The molecule has 3 aromatic rings. The number of amides is 1. The van der Waals surface area contributed by atoms with E-state index in [1.165, 1.54) is 11.9 Å². The first-order valence-corrected chi connectivity index (χ1v) is 8.52. The van der Waals surface area contributed by atoms with Gasteiger partial charge in [0.15, 0.2) is 0 Å². The summed E-state index contributed by atoms with van der Waals surface area (Å²) in [6.45, 7) is 6.63. The molecule has 1 heterocycles. The van der Waals surface area contributed by atoms with Crippen molar-refractivity contribution in [3.63, 3.8) is 0 Å². The molecule has 5 nitrogen and oxygen atoms in total. The van der Waals surface area contributed by atoms with Gasteiger partial charge in [-0.2, -0.15) is 0 Å². The van der Waals surface area contributed by atoms with E-state index >= 15 is 0 Å². The zero-order valence-electron chi connectivity index (χ0n) is 15.2. The highest BCUT2D eigenvalue weighted by atomic mass is 16.1. The number of nitrogens with one attached hydrogen (secondary N) is 2. The van der Waals surface area contributed by atoms with E-state index in [1.807, 2.05) is 32.0 Å². The van der Waals surface area contributed by atoms with Gasteiger partial charge >= 0.3 is 0 Å². The molecule has 0 saturated carbocycles. The van der Waals surface area contributed by atoms with Crippen LogP contribution in [0.25, 0.3) is 0 Å². The standard InChI is InChI=1S/C21H22N4O/c1-14-7-9-17(10-8-14)12-22-19-11-18(23-13-24-19)21(26)25-20-15(2)5-4-6-16(20)3/h4-11,13H,12H2,1-3H3,(H,25,26)(H,22,23,24). The van der Waals surface area contributed by atoms with Gasteiger partial charge in [-0.15, -0.1) is 0 Å². The minimum Gasteiger partial charge on any atom is -0.366 e. The number of benzene rings is 2. The van der Waals surface area contributed by atoms with Crippen molar-refractivity contribution in [1.82, 2.24) is 9.97 Å². The van der Waals surface area contributed by atoms with Crippen LogP contribution in [-0.4, -0.2) is 15.9 Å². The molecule has 2 N–H and O–H groups in total. The summed E-state index contributed by atoms with van der Waals surface area (Å²) in [4.78, 5) is 20.8. The first-order chi connectivity index (χ1) is 12.5. The smallest absolute Gasteiger partial charge is 0.274 e. The Labute approximate surface area is 153 Å². The maximum atomic E-state index is 12.6. The van der Waals surface area contributed by atoms with Gasteiger partial charge in [-0.1, -0.05) is 48.0 Å². The quantitative estimate of drug-likeness (QED) is 0.724. The van der Waals surface area contributed by atoms with Gasteiger partial charge in [0.05, 0.1) is 0 Å². The van der Waals surface area contributed by atoms with Crippen LogP contribution in [-0.2, 0) is 6.54 Å². The summed E-state index contributed by atoms with van der Waals surface area (Å²) in [5.41, 5.74) is 5.56. The number of para-hydroxylation sites is 1. The molecule has 26 heavy (non-hydrogen) atoms. The van der Waals surface area contributed by atoms with Crippen LogP contribution in [0.3, 0.4) is 0 Å². The lowest BCUT2D eigenvalue weighted by atomic mass is 10.1. The number of carbonyl (C=O) groups is 1. The third-order valence-electron chi connectivity index (χ3n) is 4.21. The predicted molar refractivity (Wildman–Crippen MR) is 104 cm³/mol. The van der Waals surface area contributed by atoms with Crippen molar-refractivity contribution in [2.24, 2.45) is 0 Å². The normalized spacial score (nSPS) is 10.4. The second-order valence-corrected chi connectivity index (χ2v) is 6.35. The van der Waals surface area contributed by atoms with Crippen molar-refractivity contribution in [3.8, 4) is 0 Å². The summed E-state index contributed by atoms with van der Waals surface area (Å²) in [6.07, 6.45) is 1.40. The van der Waals surface area contributed by atoms with Crippen molar-refractivity contribution in [3.05, 3.63) is 82.8 Å². The Morgan fingerprint density at radius 2 is 1.65 bits per heavy atom. The fourth-order valence-electron chi connectivity index (χ4n) is 2.67. The molecule has 0 fully saturated rings. The van der Waals surface area contributed by atoms with Gasteiger partial charge in [0, 0.05) is 18.3 Å². The highest BCUT2D eigenvalue weighted by Gasteiger charge is 2.12. The number of aryl methyl sites for hydroxylation is 3. The maximum Gasteiger partial charge on any atom is 0.274 e. The average molecular weight is 346 g/mol. The lowest BCUT2D eigenvalue weighted by Gasteiger charge is -2.11. The zero-order valence-corrected chi connectivity index (χ0v) is 15.2. The van der Waals surface area contributed by atoms with Crippen LogP contribution in [0.4, 0.5) is 11.5 Å². The molecule has 0 spiro atoms. The van der Waals surface area contributed by atoms with E-state index in [9.17, 15) is 4.79 Å². The Morgan fingerprint density at radius 1 is 0.962 bits per heavy atom. The molecule has 2 aromatic carbocycles. The van der Waals surface area contributed by atoms with Crippen LogP contribution in [0.5, 0.6) is 0 Å².